The van der Waals surface area contributed by atoms with Gasteiger partial charge in [-0.15, -0.1) is 0 Å². The third-order valence-corrected chi connectivity index (χ3v) is 12.2. The maximum Gasteiger partial charge on any atom is 0.333 e. The van der Waals surface area contributed by atoms with E-state index in [4.69, 9.17) is 4.74 Å². The van der Waals surface area contributed by atoms with E-state index in [2.05, 4.69) is 62.0 Å². The van der Waals surface area contributed by atoms with Gasteiger partial charge in [0.2, 0.25) is 0 Å². The SMILES string of the molecule is C=C(C)C(=O)OCC(CO)CC1CCC(C2CCC3CC(CCc4ccc(-c5ccc(CCCCC)cc5)cc4)CCC3C2)CC1. The van der Waals surface area contributed by atoms with Crippen molar-refractivity contribution in [3.05, 3.63) is 71.8 Å². The van der Waals surface area contributed by atoms with Crippen LogP contribution in [0.3, 0.4) is 0 Å². The average molecular weight is 627 g/mol. The predicted molar refractivity (Wildman–Crippen MR) is 192 cm³/mol. The van der Waals surface area contributed by atoms with Gasteiger partial charge in [0.15, 0.2) is 0 Å². The predicted octanol–water partition coefficient (Wildman–Crippen LogP) is 10.8. The number of carbonyl (C=O) groups excluding carboxylic acids is 1. The van der Waals surface area contributed by atoms with Crippen molar-refractivity contribution in [1.82, 2.24) is 0 Å². The lowest BCUT2D eigenvalue weighted by Crippen LogP contribution is -2.35. The molecule has 3 aliphatic carbocycles. The standard InChI is InChI=1S/C43H62O3/c1-4-5-6-7-32-10-17-37(18-11-32)38-19-12-33(13-20-38)8-9-35-16-23-42-28-41(25-24-40(42)27-35)39-21-14-34(15-22-39)26-36(29-44)30-46-43(45)31(2)3/h10-13,17-20,34-36,39-42,44H,2,4-9,14-16,21-30H2,1,3H3. The second-order valence-electron chi connectivity index (χ2n) is 15.6. The molecule has 3 fully saturated rings. The van der Waals surface area contributed by atoms with E-state index >= 15 is 0 Å². The molecule has 3 heteroatoms. The van der Waals surface area contributed by atoms with Crippen LogP contribution in [0.15, 0.2) is 60.7 Å². The van der Waals surface area contributed by atoms with Crippen LogP contribution in [0.2, 0.25) is 0 Å². The third kappa shape index (κ3) is 10.1. The van der Waals surface area contributed by atoms with Gasteiger partial charge in [-0.2, -0.15) is 0 Å². The molecule has 2 aromatic rings. The van der Waals surface area contributed by atoms with Gasteiger partial charge in [0.05, 0.1) is 6.61 Å². The lowest BCUT2D eigenvalue weighted by molar-refractivity contribution is -0.140. The summed E-state index contributed by atoms with van der Waals surface area (Å²) in [6.07, 6.45) is 22.6. The molecular weight excluding hydrogens is 564 g/mol. The van der Waals surface area contributed by atoms with Crippen LogP contribution in [0.5, 0.6) is 0 Å². The summed E-state index contributed by atoms with van der Waals surface area (Å²) in [5.74, 6) is 5.03. The molecule has 3 nitrogen and oxygen atoms in total. The Morgan fingerprint density at radius 1 is 0.761 bits per heavy atom. The molecule has 0 heterocycles. The van der Waals surface area contributed by atoms with Gasteiger partial charge in [0.1, 0.15) is 0 Å². The van der Waals surface area contributed by atoms with Crippen LogP contribution < -0.4 is 0 Å². The molecule has 252 valence electrons. The zero-order valence-corrected chi connectivity index (χ0v) is 29.1. The van der Waals surface area contributed by atoms with Crippen LogP contribution in [-0.4, -0.2) is 24.3 Å². The van der Waals surface area contributed by atoms with Gasteiger partial charge < -0.3 is 9.84 Å². The van der Waals surface area contributed by atoms with Gasteiger partial charge in [-0.1, -0.05) is 94.1 Å². The lowest BCUT2D eigenvalue weighted by Gasteiger charge is -2.45. The van der Waals surface area contributed by atoms with Crippen LogP contribution in [0, 0.1) is 41.4 Å². The summed E-state index contributed by atoms with van der Waals surface area (Å²) in [6.45, 7) is 8.01. The number of aryl methyl sites for hydroxylation is 2. The Balaban J connectivity index is 0.996. The van der Waals surface area contributed by atoms with Gasteiger partial charge in [0.25, 0.3) is 0 Å². The molecule has 0 amide bonds. The number of aliphatic hydroxyl groups is 1. The minimum Gasteiger partial charge on any atom is -0.462 e. The van der Waals surface area contributed by atoms with Crippen molar-refractivity contribution < 1.29 is 14.6 Å². The van der Waals surface area contributed by atoms with Crippen LogP contribution >= 0.6 is 0 Å². The Hall–Kier alpha value is -2.39. The number of unbranched alkanes of at least 4 members (excludes halogenated alkanes) is 2. The normalized spacial score (nSPS) is 27.0. The lowest BCUT2D eigenvalue weighted by atomic mass is 9.60. The molecule has 2 aromatic carbocycles. The number of benzene rings is 2. The summed E-state index contributed by atoms with van der Waals surface area (Å²) in [4.78, 5) is 11.8. The Morgan fingerprint density at radius 2 is 1.30 bits per heavy atom. The highest BCUT2D eigenvalue weighted by molar-refractivity contribution is 5.86. The molecule has 1 N–H and O–H groups in total. The fraction of sp³-hybridized carbons (Fsp3) is 0.651. The first kappa shape index (κ1) is 34.9. The second kappa shape index (κ2) is 17.7. The number of rotatable bonds is 15. The second-order valence-corrected chi connectivity index (χ2v) is 15.6. The van der Waals surface area contributed by atoms with Gasteiger partial charge in [-0.05, 0) is 142 Å². The summed E-state index contributed by atoms with van der Waals surface area (Å²) in [5, 5.41) is 9.85. The van der Waals surface area contributed by atoms with Gasteiger partial charge in [0, 0.05) is 18.1 Å². The summed E-state index contributed by atoms with van der Waals surface area (Å²) in [5.41, 5.74) is 6.06. The molecule has 3 aliphatic rings. The smallest absolute Gasteiger partial charge is 0.333 e. The van der Waals surface area contributed by atoms with E-state index in [1.54, 1.807) is 6.92 Å². The number of fused-ring (bicyclic) bond motifs is 1. The topological polar surface area (TPSA) is 46.5 Å². The first-order valence-corrected chi connectivity index (χ1v) is 19.0. The first-order chi connectivity index (χ1) is 22.4. The number of esters is 1. The van der Waals surface area contributed by atoms with Crippen molar-refractivity contribution in [2.24, 2.45) is 41.4 Å². The highest BCUT2D eigenvalue weighted by Gasteiger charge is 2.38. The van der Waals surface area contributed by atoms with E-state index in [1.165, 1.54) is 125 Å². The molecule has 0 bridgehead atoms. The summed E-state index contributed by atoms with van der Waals surface area (Å²) >= 11 is 0. The quantitative estimate of drug-likeness (QED) is 0.122. The monoisotopic (exact) mass is 626 g/mol. The molecule has 0 radical (unpaired) electrons. The van der Waals surface area contributed by atoms with Crippen molar-refractivity contribution in [2.45, 2.75) is 123 Å². The van der Waals surface area contributed by atoms with Crippen LogP contribution in [0.1, 0.15) is 121 Å². The Labute approximate surface area is 280 Å². The number of aliphatic hydroxyl groups excluding tert-OH is 1. The zero-order chi connectivity index (χ0) is 32.3. The zero-order valence-electron chi connectivity index (χ0n) is 29.1. The highest BCUT2D eigenvalue weighted by atomic mass is 16.5. The Kier molecular flexibility index (Phi) is 13.4. The summed E-state index contributed by atoms with van der Waals surface area (Å²) < 4.78 is 5.34. The molecule has 0 spiro atoms. The van der Waals surface area contributed by atoms with E-state index < -0.39 is 0 Å². The van der Waals surface area contributed by atoms with Gasteiger partial charge >= 0.3 is 5.97 Å². The maximum absolute atomic E-state index is 11.8. The fourth-order valence-corrected chi connectivity index (χ4v) is 9.27. The third-order valence-electron chi connectivity index (χ3n) is 12.2. The maximum atomic E-state index is 11.8. The van der Waals surface area contributed by atoms with Crippen molar-refractivity contribution >= 4 is 5.97 Å². The minimum absolute atomic E-state index is 0.0534. The molecule has 3 saturated carbocycles. The number of carbonyl (C=O) groups is 1. The summed E-state index contributed by atoms with van der Waals surface area (Å²) in [7, 11) is 0. The minimum atomic E-state index is -0.341. The van der Waals surface area contributed by atoms with Gasteiger partial charge in [-0.25, -0.2) is 4.79 Å². The van der Waals surface area contributed by atoms with Crippen LogP contribution in [0.4, 0.5) is 0 Å². The molecule has 5 unspecified atom stereocenters. The fourth-order valence-electron chi connectivity index (χ4n) is 9.27. The van der Waals surface area contributed by atoms with Crippen molar-refractivity contribution in [1.29, 1.82) is 0 Å². The van der Waals surface area contributed by atoms with E-state index in [1.807, 2.05) is 0 Å². The van der Waals surface area contributed by atoms with Crippen molar-refractivity contribution in [3.8, 4) is 11.1 Å². The van der Waals surface area contributed by atoms with Gasteiger partial charge in [-0.3, -0.25) is 0 Å². The Morgan fingerprint density at radius 3 is 1.91 bits per heavy atom. The highest BCUT2D eigenvalue weighted by Crippen LogP contribution is 2.50. The largest absolute Gasteiger partial charge is 0.462 e. The molecule has 5 atom stereocenters. The van der Waals surface area contributed by atoms with Crippen LogP contribution in [0.25, 0.3) is 11.1 Å². The van der Waals surface area contributed by atoms with E-state index in [9.17, 15) is 9.90 Å². The molecule has 0 aliphatic heterocycles. The molecule has 5 rings (SSSR count). The summed E-state index contributed by atoms with van der Waals surface area (Å²) in [6, 6.07) is 18.7. The van der Waals surface area contributed by atoms with Crippen LogP contribution in [-0.2, 0) is 22.4 Å². The van der Waals surface area contributed by atoms with E-state index in [0.717, 1.165) is 36.0 Å². The van der Waals surface area contributed by atoms with Crippen molar-refractivity contribution in [3.63, 3.8) is 0 Å². The molecule has 46 heavy (non-hydrogen) atoms. The molecular formula is C43H62O3. The average Bonchev–Trinajstić information content (AvgIpc) is 3.09. The molecule has 0 aromatic heterocycles. The molecule has 0 saturated heterocycles. The Bertz CT molecular complexity index is 1210. The van der Waals surface area contributed by atoms with E-state index in [0.29, 0.717) is 18.1 Å². The number of hydrogen-bond donors (Lipinski definition) is 1. The van der Waals surface area contributed by atoms with E-state index in [-0.39, 0.29) is 18.5 Å². The number of ether oxygens (including phenoxy) is 1. The number of hydrogen-bond acceptors (Lipinski definition) is 3. The first-order valence-electron chi connectivity index (χ1n) is 19.0. The van der Waals surface area contributed by atoms with Crippen molar-refractivity contribution in [2.75, 3.05) is 13.2 Å².